The molecule has 0 radical (unpaired) electrons. The Hall–Kier alpha value is -3.11. The number of methoxy groups -OCH3 is 1. The van der Waals surface area contributed by atoms with E-state index in [4.69, 9.17) is 14.7 Å². The predicted octanol–water partition coefficient (Wildman–Crippen LogP) is 3.91. The number of nitrogens with one attached hydrogen (secondary N) is 3. The maximum absolute atomic E-state index is 12.1. The van der Waals surface area contributed by atoms with Gasteiger partial charge in [0.1, 0.15) is 5.78 Å². The number of hydrogen-bond acceptors (Lipinski definition) is 9. The number of H-pyrrole nitrogens is 1. The van der Waals surface area contributed by atoms with Gasteiger partial charge in [0.2, 0.25) is 5.75 Å². The zero-order valence-corrected chi connectivity index (χ0v) is 20.8. The first-order valence-corrected chi connectivity index (χ1v) is 12.2. The summed E-state index contributed by atoms with van der Waals surface area (Å²) in [7, 11) is 5.65. The molecule has 180 valence electrons. The standard InChI is InChI=1S/C24H31N7O2S/c1-15-13-20(30-29-15)26-23-21(33-4)22(25-11-12-31(2)3)27-24(28-23)34-18-9-5-16(6-10-18)14-19(32)17-7-8-17/h5-6,9-10,13,17H,7-8,11-12,14H2,1-4H3,(H3,25,26,27,28,29,30). The summed E-state index contributed by atoms with van der Waals surface area (Å²) in [5.41, 5.74) is 1.98. The fourth-order valence-corrected chi connectivity index (χ4v) is 4.16. The first kappa shape index (κ1) is 24.0. The third-order valence-corrected chi connectivity index (χ3v) is 6.27. The molecule has 0 spiro atoms. The summed E-state index contributed by atoms with van der Waals surface area (Å²) in [6.07, 6.45) is 2.59. The number of aryl methyl sites for hydroxylation is 1. The number of carbonyl (C=O) groups is 1. The SMILES string of the molecule is COc1c(NCCN(C)C)nc(Sc2ccc(CC(=O)C3CC3)cc2)nc1Nc1cc(C)[nH]n1. The Morgan fingerprint density at radius 3 is 2.56 bits per heavy atom. The normalized spacial score (nSPS) is 13.2. The van der Waals surface area contributed by atoms with Gasteiger partial charge in [0, 0.05) is 42.1 Å². The molecule has 34 heavy (non-hydrogen) atoms. The average Bonchev–Trinajstić information content (AvgIpc) is 3.57. The van der Waals surface area contributed by atoms with Crippen molar-refractivity contribution in [1.82, 2.24) is 25.1 Å². The molecule has 1 aliphatic rings. The van der Waals surface area contributed by atoms with Gasteiger partial charge < -0.3 is 20.3 Å². The van der Waals surface area contributed by atoms with Crippen LogP contribution >= 0.6 is 11.8 Å². The number of ether oxygens (including phenoxy) is 1. The number of ketones is 1. The number of likely N-dealkylation sites (N-methyl/N-ethyl adjacent to an activating group) is 1. The Bertz CT molecular complexity index is 1130. The molecule has 2 heterocycles. The summed E-state index contributed by atoms with van der Waals surface area (Å²) in [6.45, 7) is 3.49. The molecule has 9 nitrogen and oxygen atoms in total. The topological polar surface area (TPSA) is 108 Å². The summed E-state index contributed by atoms with van der Waals surface area (Å²) >= 11 is 1.46. The predicted molar refractivity (Wildman–Crippen MR) is 134 cm³/mol. The number of carbonyl (C=O) groups excluding carboxylic acids is 1. The monoisotopic (exact) mass is 481 g/mol. The molecule has 0 atom stereocenters. The van der Waals surface area contributed by atoms with E-state index in [1.165, 1.54) is 11.8 Å². The Morgan fingerprint density at radius 1 is 1.21 bits per heavy atom. The van der Waals surface area contributed by atoms with Crippen molar-refractivity contribution in [2.24, 2.45) is 5.92 Å². The van der Waals surface area contributed by atoms with Crippen molar-refractivity contribution in [3.63, 3.8) is 0 Å². The minimum absolute atomic E-state index is 0.282. The fourth-order valence-electron chi connectivity index (χ4n) is 3.41. The van der Waals surface area contributed by atoms with Gasteiger partial charge in [0.05, 0.1) is 7.11 Å². The molecule has 0 aliphatic heterocycles. The number of hydrogen-bond donors (Lipinski definition) is 3. The van der Waals surface area contributed by atoms with Crippen molar-refractivity contribution in [1.29, 1.82) is 0 Å². The zero-order valence-electron chi connectivity index (χ0n) is 20.0. The highest BCUT2D eigenvalue weighted by Crippen LogP contribution is 2.36. The van der Waals surface area contributed by atoms with Crippen molar-refractivity contribution in [3.05, 3.63) is 41.6 Å². The Kier molecular flexibility index (Phi) is 7.69. The molecule has 1 saturated carbocycles. The molecule has 0 bridgehead atoms. The van der Waals surface area contributed by atoms with Crippen LogP contribution in [0.4, 0.5) is 17.5 Å². The lowest BCUT2D eigenvalue weighted by Gasteiger charge is -2.16. The fraction of sp³-hybridized carbons (Fsp3) is 0.417. The Labute approximate surface area is 204 Å². The number of aromatic nitrogens is 4. The second kappa shape index (κ2) is 10.9. The van der Waals surface area contributed by atoms with Gasteiger partial charge in [-0.25, -0.2) is 9.97 Å². The molecule has 2 aromatic heterocycles. The van der Waals surface area contributed by atoms with Gasteiger partial charge >= 0.3 is 0 Å². The second-order valence-corrected chi connectivity index (χ2v) is 9.73. The zero-order chi connectivity index (χ0) is 24.1. The molecule has 3 aromatic rings. The van der Waals surface area contributed by atoms with E-state index < -0.39 is 0 Å². The largest absolute Gasteiger partial charge is 0.490 e. The lowest BCUT2D eigenvalue weighted by Crippen LogP contribution is -2.21. The molecule has 3 N–H and O–H groups in total. The summed E-state index contributed by atoms with van der Waals surface area (Å²) in [5.74, 6) is 2.95. The van der Waals surface area contributed by atoms with Gasteiger partial charge in [-0.2, -0.15) is 5.10 Å². The van der Waals surface area contributed by atoms with E-state index in [-0.39, 0.29) is 5.92 Å². The van der Waals surface area contributed by atoms with Crippen LogP contribution in [0.15, 0.2) is 40.4 Å². The van der Waals surface area contributed by atoms with E-state index in [1.54, 1.807) is 7.11 Å². The number of nitrogens with zero attached hydrogens (tertiary/aromatic N) is 4. The summed E-state index contributed by atoms with van der Waals surface area (Å²) in [5, 5.41) is 14.4. The average molecular weight is 482 g/mol. The van der Waals surface area contributed by atoms with Crippen molar-refractivity contribution in [3.8, 4) is 5.75 Å². The molecule has 4 rings (SSSR count). The summed E-state index contributed by atoms with van der Waals surface area (Å²) in [6, 6.07) is 9.94. The molecule has 1 aromatic carbocycles. The van der Waals surface area contributed by atoms with Crippen molar-refractivity contribution in [2.45, 2.75) is 36.2 Å². The van der Waals surface area contributed by atoms with Crippen LogP contribution in [0.3, 0.4) is 0 Å². The van der Waals surface area contributed by atoms with E-state index in [0.29, 0.717) is 47.1 Å². The van der Waals surface area contributed by atoms with Gasteiger partial charge in [-0.1, -0.05) is 12.1 Å². The highest BCUT2D eigenvalue weighted by Gasteiger charge is 2.29. The maximum Gasteiger partial charge on any atom is 0.204 e. The van der Waals surface area contributed by atoms with E-state index >= 15 is 0 Å². The highest BCUT2D eigenvalue weighted by molar-refractivity contribution is 7.99. The maximum atomic E-state index is 12.1. The molecule has 10 heteroatoms. The molecule has 0 unspecified atom stereocenters. The lowest BCUT2D eigenvalue weighted by atomic mass is 10.1. The summed E-state index contributed by atoms with van der Waals surface area (Å²) < 4.78 is 5.65. The third kappa shape index (κ3) is 6.48. The minimum Gasteiger partial charge on any atom is -0.490 e. The molecule has 1 aliphatic carbocycles. The van der Waals surface area contributed by atoms with Crippen LogP contribution in [-0.2, 0) is 11.2 Å². The molecule has 0 saturated heterocycles. The van der Waals surface area contributed by atoms with Crippen molar-refractivity contribution < 1.29 is 9.53 Å². The third-order valence-electron chi connectivity index (χ3n) is 5.40. The van der Waals surface area contributed by atoms with Crippen LogP contribution in [0.1, 0.15) is 24.1 Å². The Balaban J connectivity index is 1.55. The molecular formula is C24H31N7O2S. The van der Waals surface area contributed by atoms with Crippen LogP contribution < -0.4 is 15.4 Å². The lowest BCUT2D eigenvalue weighted by molar-refractivity contribution is -0.119. The number of benzene rings is 1. The van der Waals surface area contributed by atoms with Gasteiger partial charge in [-0.15, -0.1) is 0 Å². The van der Waals surface area contributed by atoms with Gasteiger partial charge in [0.25, 0.3) is 0 Å². The van der Waals surface area contributed by atoms with E-state index in [2.05, 4.69) is 25.7 Å². The minimum atomic E-state index is 0.282. The van der Waals surface area contributed by atoms with Crippen LogP contribution in [0.25, 0.3) is 0 Å². The van der Waals surface area contributed by atoms with Crippen molar-refractivity contribution in [2.75, 3.05) is 44.9 Å². The molecule has 0 amide bonds. The number of Topliss-reactive ketones (excluding diaryl/α,β-unsaturated/α-hetero) is 1. The van der Waals surface area contributed by atoms with Gasteiger partial charge in [-0.3, -0.25) is 9.89 Å². The van der Waals surface area contributed by atoms with Crippen LogP contribution in [0.5, 0.6) is 5.75 Å². The number of rotatable bonds is 12. The first-order valence-electron chi connectivity index (χ1n) is 11.3. The quantitative estimate of drug-likeness (QED) is 0.332. The molecular weight excluding hydrogens is 450 g/mol. The van der Waals surface area contributed by atoms with Crippen LogP contribution in [0.2, 0.25) is 0 Å². The van der Waals surface area contributed by atoms with E-state index in [0.717, 1.165) is 35.5 Å². The van der Waals surface area contributed by atoms with Crippen molar-refractivity contribution >= 4 is 35.0 Å². The van der Waals surface area contributed by atoms with Crippen LogP contribution in [0, 0.1) is 12.8 Å². The number of aromatic amines is 1. The summed E-state index contributed by atoms with van der Waals surface area (Å²) in [4.78, 5) is 24.6. The van der Waals surface area contributed by atoms with Crippen LogP contribution in [-0.4, -0.2) is 65.1 Å². The Morgan fingerprint density at radius 2 is 1.94 bits per heavy atom. The highest BCUT2D eigenvalue weighted by atomic mass is 32.2. The van der Waals surface area contributed by atoms with E-state index in [1.807, 2.05) is 51.4 Å². The van der Waals surface area contributed by atoms with Gasteiger partial charge in [-0.05, 0) is 63.3 Å². The van der Waals surface area contributed by atoms with Gasteiger partial charge in [0.15, 0.2) is 22.6 Å². The number of anilines is 3. The first-order chi connectivity index (χ1) is 16.4. The second-order valence-electron chi connectivity index (χ2n) is 8.69. The molecule has 1 fully saturated rings. The van der Waals surface area contributed by atoms with E-state index in [9.17, 15) is 4.79 Å². The smallest absolute Gasteiger partial charge is 0.204 e.